The number of amides is 1. The van der Waals surface area contributed by atoms with Gasteiger partial charge in [-0.15, -0.1) is 0 Å². The minimum Gasteiger partial charge on any atom is -0.463 e. The van der Waals surface area contributed by atoms with Crippen LogP contribution in [0.5, 0.6) is 0 Å². The lowest BCUT2D eigenvalue weighted by Crippen LogP contribution is -2.44. The van der Waals surface area contributed by atoms with Gasteiger partial charge in [-0.25, -0.2) is 0 Å². The lowest BCUT2D eigenvalue weighted by molar-refractivity contribution is -0.174. The van der Waals surface area contributed by atoms with Crippen LogP contribution >= 0.6 is 0 Å². The first-order valence-corrected chi connectivity index (χ1v) is 5.77. The molecule has 0 rings (SSSR count). The van der Waals surface area contributed by atoms with Crippen LogP contribution in [-0.4, -0.2) is 30.2 Å². The Kier molecular flexibility index (Phi) is 6.72. The molecule has 2 unspecified atom stereocenters. The molecule has 0 aromatic carbocycles. The maximum absolute atomic E-state index is 12.0. The van der Waals surface area contributed by atoms with Crippen LogP contribution < -0.4 is 5.32 Å². The van der Waals surface area contributed by atoms with Crippen molar-refractivity contribution >= 4 is 11.9 Å². The van der Waals surface area contributed by atoms with Crippen molar-refractivity contribution in [2.45, 2.75) is 58.4 Å². The van der Waals surface area contributed by atoms with Crippen LogP contribution in [0.25, 0.3) is 0 Å². The molecule has 0 aromatic rings. The number of halogens is 3. The van der Waals surface area contributed by atoms with E-state index in [1.165, 1.54) is 0 Å². The van der Waals surface area contributed by atoms with Gasteiger partial charge in [0.25, 0.3) is 0 Å². The molecule has 1 amide bonds. The minimum absolute atomic E-state index is 0.220. The van der Waals surface area contributed by atoms with E-state index in [0.29, 0.717) is 6.42 Å². The summed E-state index contributed by atoms with van der Waals surface area (Å²) in [6, 6.07) is -0.865. The summed E-state index contributed by atoms with van der Waals surface area (Å²) in [7, 11) is 0. The summed E-state index contributed by atoms with van der Waals surface area (Å²) in [5, 5.41) is 1.76. The molecule has 0 saturated carbocycles. The Labute approximate surface area is 104 Å². The molecule has 0 aliphatic heterocycles. The number of carbonyl (C=O) groups is 2. The van der Waals surface area contributed by atoms with E-state index < -0.39 is 24.1 Å². The Morgan fingerprint density at radius 2 is 1.78 bits per heavy atom. The van der Waals surface area contributed by atoms with E-state index in [9.17, 15) is 22.8 Å². The Balaban J connectivity index is 4.28. The number of hydrogen-bond donors (Lipinski definition) is 1. The Morgan fingerprint density at radius 1 is 1.22 bits per heavy atom. The molecule has 0 bridgehead atoms. The highest BCUT2D eigenvalue weighted by atomic mass is 19.4. The molecule has 0 aliphatic carbocycles. The van der Waals surface area contributed by atoms with Crippen LogP contribution in [0.1, 0.15) is 40.0 Å². The van der Waals surface area contributed by atoms with Gasteiger partial charge >= 0.3 is 18.1 Å². The third-order valence-electron chi connectivity index (χ3n) is 2.41. The Morgan fingerprint density at radius 3 is 2.17 bits per heavy atom. The van der Waals surface area contributed by atoms with Gasteiger partial charge in [0.15, 0.2) is 0 Å². The quantitative estimate of drug-likeness (QED) is 0.752. The van der Waals surface area contributed by atoms with Gasteiger partial charge in [-0.3, -0.25) is 9.59 Å². The van der Waals surface area contributed by atoms with Crippen molar-refractivity contribution in [3.8, 4) is 0 Å². The average molecular weight is 269 g/mol. The Hall–Kier alpha value is -1.27. The zero-order chi connectivity index (χ0) is 14.3. The number of hydrogen-bond acceptors (Lipinski definition) is 3. The molecule has 7 heteroatoms. The van der Waals surface area contributed by atoms with Gasteiger partial charge in [-0.05, 0) is 19.8 Å². The zero-order valence-electron chi connectivity index (χ0n) is 10.6. The van der Waals surface area contributed by atoms with E-state index in [2.05, 4.69) is 0 Å². The summed E-state index contributed by atoms with van der Waals surface area (Å²) >= 11 is 0. The van der Waals surface area contributed by atoms with Crippen LogP contribution in [0.2, 0.25) is 0 Å². The first-order valence-electron chi connectivity index (χ1n) is 5.77. The molecule has 106 valence electrons. The van der Waals surface area contributed by atoms with Crippen molar-refractivity contribution in [3.05, 3.63) is 0 Å². The van der Waals surface area contributed by atoms with Crippen LogP contribution in [0.15, 0.2) is 0 Å². The van der Waals surface area contributed by atoms with Crippen molar-refractivity contribution in [1.29, 1.82) is 0 Å². The molecule has 0 spiro atoms. The van der Waals surface area contributed by atoms with E-state index in [0.717, 1.165) is 0 Å². The standard InChI is InChI=1S/C11H18F3NO3/c1-4-7(3)18-9(16)6-8(5-2)15-10(17)11(12,13)14/h7-8H,4-6H2,1-3H3,(H,15,17). The van der Waals surface area contributed by atoms with Crippen molar-refractivity contribution in [2.24, 2.45) is 0 Å². The fourth-order valence-electron chi connectivity index (χ4n) is 1.12. The van der Waals surface area contributed by atoms with E-state index in [4.69, 9.17) is 4.74 Å². The number of nitrogens with one attached hydrogen (secondary N) is 1. The maximum Gasteiger partial charge on any atom is 0.471 e. The SMILES string of the molecule is CCC(CC(=O)OC(C)CC)NC(=O)C(F)(F)F. The summed E-state index contributed by atoms with van der Waals surface area (Å²) in [6.07, 6.45) is -4.64. The molecule has 0 saturated heterocycles. The Bertz CT molecular complexity index is 292. The van der Waals surface area contributed by atoms with E-state index in [1.807, 2.05) is 6.92 Å². The van der Waals surface area contributed by atoms with Gasteiger partial charge in [-0.2, -0.15) is 13.2 Å². The molecule has 18 heavy (non-hydrogen) atoms. The lowest BCUT2D eigenvalue weighted by Gasteiger charge is -2.18. The largest absolute Gasteiger partial charge is 0.471 e. The van der Waals surface area contributed by atoms with Crippen LogP contribution in [0.4, 0.5) is 13.2 Å². The molecular weight excluding hydrogens is 251 g/mol. The van der Waals surface area contributed by atoms with Crippen molar-refractivity contribution < 1.29 is 27.5 Å². The van der Waals surface area contributed by atoms with Crippen molar-refractivity contribution in [2.75, 3.05) is 0 Å². The van der Waals surface area contributed by atoms with Gasteiger partial charge < -0.3 is 10.1 Å². The summed E-state index contributed by atoms with van der Waals surface area (Å²) in [5.41, 5.74) is 0. The van der Waals surface area contributed by atoms with Gasteiger partial charge in [0.2, 0.25) is 0 Å². The normalized spacial score (nSPS) is 14.8. The highest BCUT2D eigenvalue weighted by Crippen LogP contribution is 2.15. The second-order valence-electron chi connectivity index (χ2n) is 3.99. The first-order chi connectivity index (χ1) is 8.20. The molecule has 0 fully saturated rings. The van der Waals surface area contributed by atoms with Gasteiger partial charge in [-0.1, -0.05) is 13.8 Å². The third kappa shape index (κ3) is 6.46. The van der Waals surface area contributed by atoms with Crippen LogP contribution in [-0.2, 0) is 14.3 Å². The number of rotatable bonds is 6. The molecule has 0 aromatic heterocycles. The van der Waals surface area contributed by atoms with Crippen molar-refractivity contribution in [1.82, 2.24) is 5.32 Å². The summed E-state index contributed by atoms with van der Waals surface area (Å²) in [4.78, 5) is 22.1. The third-order valence-corrected chi connectivity index (χ3v) is 2.41. The summed E-state index contributed by atoms with van der Waals surface area (Å²) < 4.78 is 41.0. The van der Waals surface area contributed by atoms with E-state index >= 15 is 0 Å². The van der Waals surface area contributed by atoms with Gasteiger partial charge in [0.1, 0.15) is 0 Å². The second-order valence-corrected chi connectivity index (χ2v) is 3.99. The average Bonchev–Trinajstić information content (AvgIpc) is 2.26. The van der Waals surface area contributed by atoms with E-state index in [-0.39, 0.29) is 18.9 Å². The van der Waals surface area contributed by atoms with Gasteiger partial charge in [0, 0.05) is 6.04 Å². The number of alkyl halides is 3. The van der Waals surface area contributed by atoms with Gasteiger partial charge in [0.05, 0.1) is 12.5 Å². The second kappa shape index (κ2) is 7.23. The molecule has 0 aliphatic rings. The molecule has 0 radical (unpaired) electrons. The molecule has 2 atom stereocenters. The zero-order valence-corrected chi connectivity index (χ0v) is 10.6. The maximum atomic E-state index is 12.0. The fourth-order valence-corrected chi connectivity index (χ4v) is 1.12. The lowest BCUT2D eigenvalue weighted by atomic mass is 10.1. The summed E-state index contributed by atoms with van der Waals surface area (Å²) in [5.74, 6) is -2.65. The van der Waals surface area contributed by atoms with Crippen LogP contribution in [0.3, 0.4) is 0 Å². The molecule has 4 nitrogen and oxygen atoms in total. The number of carbonyl (C=O) groups excluding carboxylic acids is 2. The molecular formula is C11H18F3NO3. The molecule has 0 heterocycles. The fraction of sp³-hybridized carbons (Fsp3) is 0.818. The van der Waals surface area contributed by atoms with Crippen LogP contribution in [0, 0.1) is 0 Å². The highest BCUT2D eigenvalue weighted by molar-refractivity contribution is 5.82. The molecule has 1 N–H and O–H groups in total. The van der Waals surface area contributed by atoms with Crippen molar-refractivity contribution in [3.63, 3.8) is 0 Å². The smallest absolute Gasteiger partial charge is 0.463 e. The number of ether oxygens (including phenoxy) is 1. The monoisotopic (exact) mass is 269 g/mol. The topological polar surface area (TPSA) is 55.4 Å². The minimum atomic E-state index is -4.94. The predicted octanol–water partition coefficient (Wildman–Crippen LogP) is 2.18. The number of esters is 1. The van der Waals surface area contributed by atoms with E-state index in [1.54, 1.807) is 19.2 Å². The first kappa shape index (κ1) is 16.7. The predicted molar refractivity (Wildman–Crippen MR) is 58.7 cm³/mol. The summed E-state index contributed by atoms with van der Waals surface area (Å²) in [6.45, 7) is 5.09. The highest BCUT2D eigenvalue weighted by Gasteiger charge is 2.39.